The number of benzene rings is 3. The third-order valence-electron chi connectivity index (χ3n) is 6.39. The summed E-state index contributed by atoms with van der Waals surface area (Å²) >= 11 is 6.09. The van der Waals surface area contributed by atoms with Gasteiger partial charge in [0.05, 0.1) is 17.6 Å². The average Bonchev–Trinajstić information content (AvgIpc) is 3.39. The molecule has 4 rings (SSSR count). The molecular weight excluding hydrogens is 588 g/mol. The first-order valence-corrected chi connectivity index (χ1v) is 14.2. The molecule has 3 aromatic carbocycles. The van der Waals surface area contributed by atoms with Gasteiger partial charge in [0.2, 0.25) is 0 Å². The molecule has 44 heavy (non-hydrogen) atoms. The van der Waals surface area contributed by atoms with Crippen LogP contribution in [0.15, 0.2) is 72.8 Å². The van der Waals surface area contributed by atoms with E-state index in [2.05, 4.69) is 25.9 Å². The second kappa shape index (κ2) is 14.9. The van der Waals surface area contributed by atoms with E-state index in [1.54, 1.807) is 71.6 Å². The zero-order valence-electron chi connectivity index (χ0n) is 24.2. The van der Waals surface area contributed by atoms with Crippen LogP contribution in [0.2, 0.25) is 5.02 Å². The van der Waals surface area contributed by atoms with Gasteiger partial charge in [-0.2, -0.15) is 0 Å². The maximum absolute atomic E-state index is 13.0. The lowest BCUT2D eigenvalue weighted by Gasteiger charge is -2.23. The number of aromatic amines is 1. The molecule has 0 radical (unpaired) electrons. The molecule has 1 heterocycles. The number of carboxylic acid groups (broad SMARTS) is 1. The summed E-state index contributed by atoms with van der Waals surface area (Å²) in [6.07, 6.45) is -0.919. The van der Waals surface area contributed by atoms with Crippen molar-refractivity contribution >= 4 is 46.6 Å². The Morgan fingerprint density at radius 1 is 0.955 bits per heavy atom. The van der Waals surface area contributed by atoms with Gasteiger partial charge in [-0.05, 0) is 55.3 Å². The van der Waals surface area contributed by atoms with Gasteiger partial charge in [-0.25, -0.2) is 19.4 Å². The van der Waals surface area contributed by atoms with Crippen molar-refractivity contribution in [3.63, 3.8) is 0 Å². The van der Waals surface area contributed by atoms with Gasteiger partial charge >= 0.3 is 18.1 Å². The van der Waals surface area contributed by atoms with E-state index in [-0.39, 0.29) is 43.9 Å². The number of H-pyrrole nitrogens is 1. The molecule has 4 aromatic rings. The number of aromatic nitrogens is 2. The maximum atomic E-state index is 13.0. The molecular formula is C31H33ClN6O6. The normalized spacial score (nSPS) is 11.5. The molecule has 0 spiro atoms. The van der Waals surface area contributed by atoms with Gasteiger partial charge in [0, 0.05) is 29.7 Å². The molecule has 1 aromatic heterocycles. The van der Waals surface area contributed by atoms with Gasteiger partial charge in [0.15, 0.2) is 0 Å². The number of urea groups is 1. The number of ether oxygens (including phenoxy) is 1. The fraction of sp³-hybridized carbons (Fsp3) is 0.258. The van der Waals surface area contributed by atoms with Crippen LogP contribution >= 0.6 is 11.6 Å². The van der Waals surface area contributed by atoms with Crippen molar-refractivity contribution in [2.45, 2.75) is 45.6 Å². The monoisotopic (exact) mass is 620 g/mol. The van der Waals surface area contributed by atoms with E-state index in [1.807, 2.05) is 19.9 Å². The highest BCUT2D eigenvalue weighted by molar-refractivity contribution is 6.31. The van der Waals surface area contributed by atoms with Crippen molar-refractivity contribution in [2.75, 3.05) is 6.54 Å². The first kappa shape index (κ1) is 31.8. The first-order valence-electron chi connectivity index (χ1n) is 13.8. The molecule has 0 aliphatic heterocycles. The van der Waals surface area contributed by atoms with Crippen LogP contribution in [0.25, 0.3) is 11.0 Å². The van der Waals surface area contributed by atoms with Crippen molar-refractivity contribution in [2.24, 2.45) is 0 Å². The number of carbonyl (C=O) groups excluding carboxylic acids is 3. The number of halogens is 1. The molecule has 0 saturated heterocycles. The number of hydrogen-bond acceptors (Lipinski definition) is 6. The van der Waals surface area contributed by atoms with E-state index in [0.717, 1.165) is 22.2 Å². The molecule has 0 aliphatic carbocycles. The Morgan fingerprint density at radius 2 is 1.68 bits per heavy atom. The number of rotatable bonds is 12. The SMILES string of the molecule is CC(C)NC(=O)N(Cc1ccc(C(=O)NCC(NC(=O)OCc2ccccc2)C(=O)O)cc1)Cc1nc2ccc(Cl)cc2[nH]1. The highest BCUT2D eigenvalue weighted by Gasteiger charge is 2.22. The maximum Gasteiger partial charge on any atom is 0.408 e. The number of hydrogen-bond donors (Lipinski definition) is 5. The van der Waals surface area contributed by atoms with Crippen LogP contribution in [0, 0.1) is 0 Å². The van der Waals surface area contributed by atoms with Crippen LogP contribution in [0.1, 0.15) is 41.2 Å². The minimum Gasteiger partial charge on any atom is -0.480 e. The van der Waals surface area contributed by atoms with Gasteiger partial charge in [0.25, 0.3) is 5.91 Å². The molecule has 230 valence electrons. The van der Waals surface area contributed by atoms with E-state index in [0.29, 0.717) is 10.8 Å². The number of carbonyl (C=O) groups is 4. The summed E-state index contributed by atoms with van der Waals surface area (Å²) in [5, 5.41) is 17.7. The predicted molar refractivity (Wildman–Crippen MR) is 164 cm³/mol. The van der Waals surface area contributed by atoms with E-state index in [1.165, 1.54) is 0 Å². The summed E-state index contributed by atoms with van der Waals surface area (Å²) < 4.78 is 5.07. The Bertz CT molecular complexity index is 1610. The van der Waals surface area contributed by atoms with Crippen LogP contribution in [0.4, 0.5) is 9.59 Å². The Hall–Kier alpha value is -5.10. The first-order chi connectivity index (χ1) is 21.1. The fourth-order valence-corrected chi connectivity index (χ4v) is 4.39. The van der Waals surface area contributed by atoms with E-state index < -0.39 is 24.0 Å². The minimum atomic E-state index is -1.40. The molecule has 12 nitrogen and oxygen atoms in total. The number of alkyl carbamates (subject to hydrolysis) is 1. The lowest BCUT2D eigenvalue weighted by molar-refractivity contribution is -0.139. The Balaban J connectivity index is 1.34. The fourth-order valence-electron chi connectivity index (χ4n) is 4.21. The predicted octanol–water partition coefficient (Wildman–Crippen LogP) is 4.45. The van der Waals surface area contributed by atoms with Crippen LogP contribution in [0.3, 0.4) is 0 Å². The van der Waals surface area contributed by atoms with E-state index >= 15 is 0 Å². The number of nitrogens with one attached hydrogen (secondary N) is 4. The van der Waals surface area contributed by atoms with E-state index in [4.69, 9.17) is 16.3 Å². The molecule has 5 N–H and O–H groups in total. The number of amides is 4. The second-order valence-corrected chi connectivity index (χ2v) is 10.7. The van der Waals surface area contributed by atoms with Gasteiger partial charge in [-0.3, -0.25) is 4.79 Å². The number of imidazole rings is 1. The highest BCUT2D eigenvalue weighted by atomic mass is 35.5. The Kier molecular flexibility index (Phi) is 10.8. The second-order valence-electron chi connectivity index (χ2n) is 10.3. The summed E-state index contributed by atoms with van der Waals surface area (Å²) in [5.41, 5.74) is 3.27. The van der Waals surface area contributed by atoms with Crippen LogP contribution in [-0.4, -0.2) is 62.6 Å². The highest BCUT2D eigenvalue weighted by Crippen LogP contribution is 2.19. The summed E-state index contributed by atoms with van der Waals surface area (Å²) in [4.78, 5) is 58.8. The summed E-state index contributed by atoms with van der Waals surface area (Å²) in [6.45, 7) is 3.78. The summed E-state index contributed by atoms with van der Waals surface area (Å²) in [6, 6.07) is 19.0. The number of carboxylic acids is 1. The van der Waals surface area contributed by atoms with Crippen molar-refractivity contribution in [3.05, 3.63) is 100 Å². The number of aliphatic carboxylic acids is 1. The third kappa shape index (κ3) is 9.20. The lowest BCUT2D eigenvalue weighted by atomic mass is 10.1. The summed E-state index contributed by atoms with van der Waals surface area (Å²) in [7, 11) is 0. The number of nitrogens with zero attached hydrogens (tertiary/aromatic N) is 2. The quantitative estimate of drug-likeness (QED) is 0.156. The third-order valence-corrected chi connectivity index (χ3v) is 6.63. The van der Waals surface area contributed by atoms with Crippen LogP contribution in [0.5, 0.6) is 0 Å². The Labute approximate surface area is 258 Å². The van der Waals surface area contributed by atoms with Crippen molar-refractivity contribution in [1.82, 2.24) is 30.8 Å². The van der Waals surface area contributed by atoms with Gasteiger partial charge in [-0.15, -0.1) is 0 Å². The topological polar surface area (TPSA) is 166 Å². The lowest BCUT2D eigenvalue weighted by Crippen LogP contribution is -2.48. The Morgan fingerprint density at radius 3 is 2.36 bits per heavy atom. The number of fused-ring (bicyclic) bond motifs is 1. The molecule has 1 unspecified atom stereocenters. The molecule has 0 fully saturated rings. The molecule has 0 saturated carbocycles. The smallest absolute Gasteiger partial charge is 0.408 e. The van der Waals surface area contributed by atoms with Gasteiger partial charge in [-0.1, -0.05) is 54.1 Å². The van der Waals surface area contributed by atoms with Gasteiger partial charge < -0.3 is 35.7 Å². The van der Waals surface area contributed by atoms with Gasteiger partial charge in [0.1, 0.15) is 18.5 Å². The average molecular weight is 621 g/mol. The molecule has 1 atom stereocenters. The summed E-state index contributed by atoms with van der Waals surface area (Å²) in [5.74, 6) is -1.27. The van der Waals surface area contributed by atoms with E-state index in [9.17, 15) is 24.3 Å². The standard InChI is InChI=1S/C31H33ClN6O6/c1-19(2)34-30(42)38(17-27-35-24-13-12-23(32)14-25(24)36-27)16-20-8-10-22(11-9-20)28(39)33-15-26(29(40)41)37-31(43)44-18-21-6-4-3-5-7-21/h3-14,19,26H,15-18H2,1-2H3,(H,33,39)(H,34,42)(H,35,36)(H,37,43)(H,40,41). The van der Waals surface area contributed by atoms with Crippen LogP contribution in [-0.2, 0) is 29.2 Å². The zero-order chi connectivity index (χ0) is 31.6. The van der Waals surface area contributed by atoms with Crippen molar-refractivity contribution in [3.8, 4) is 0 Å². The molecule has 4 amide bonds. The molecule has 13 heteroatoms. The van der Waals surface area contributed by atoms with Crippen LogP contribution < -0.4 is 16.0 Å². The molecule has 0 aliphatic rings. The zero-order valence-corrected chi connectivity index (χ0v) is 24.9. The minimum absolute atomic E-state index is 0.0264. The largest absolute Gasteiger partial charge is 0.480 e. The molecule has 0 bridgehead atoms. The van der Waals surface area contributed by atoms with Crippen molar-refractivity contribution < 1.29 is 29.0 Å². The van der Waals surface area contributed by atoms with Crippen molar-refractivity contribution in [1.29, 1.82) is 0 Å².